The molecule has 10 heteroatoms. The first-order valence-corrected chi connectivity index (χ1v) is 11.3. The van der Waals surface area contributed by atoms with Crippen LogP contribution in [0.5, 0.6) is 17.2 Å². The molecule has 9 nitrogen and oxygen atoms in total. The predicted molar refractivity (Wildman–Crippen MR) is 138 cm³/mol. The molecule has 180 valence electrons. The Labute approximate surface area is 208 Å². The predicted octanol–water partition coefficient (Wildman–Crippen LogP) is 4.27. The number of hydrogen-bond donors (Lipinski definition) is 2. The number of carbonyl (C=O) groups is 1. The number of benzene rings is 3. The average Bonchev–Trinajstić information content (AvgIpc) is 3.27. The highest BCUT2D eigenvalue weighted by Crippen LogP contribution is 2.25. The minimum absolute atomic E-state index is 0.147. The van der Waals surface area contributed by atoms with Crippen molar-refractivity contribution >= 4 is 40.0 Å². The molecule has 0 saturated carbocycles. The lowest BCUT2D eigenvalue weighted by atomic mass is 10.1. The zero-order valence-corrected chi connectivity index (χ0v) is 20.6. The van der Waals surface area contributed by atoms with E-state index < -0.39 is 5.91 Å². The third-order valence-electron chi connectivity index (χ3n) is 5.23. The molecule has 0 aliphatic carbocycles. The second kappa shape index (κ2) is 10.4. The average molecular weight is 492 g/mol. The zero-order valence-electron chi connectivity index (χ0n) is 19.8. The largest absolute Gasteiger partial charge is 0.497 e. The van der Waals surface area contributed by atoms with Gasteiger partial charge in [-0.1, -0.05) is 0 Å². The summed E-state index contributed by atoms with van der Waals surface area (Å²) in [5.74, 6) is 1.36. The van der Waals surface area contributed by atoms with Gasteiger partial charge in [0.25, 0.3) is 5.91 Å². The lowest BCUT2D eigenvalue weighted by Crippen LogP contribution is -2.34. The monoisotopic (exact) mass is 491 g/mol. The highest BCUT2D eigenvalue weighted by Gasteiger charge is 2.16. The Balaban J connectivity index is 1.50. The number of anilines is 1. The smallest absolute Gasteiger partial charge is 0.261 e. The molecule has 1 heterocycles. The Kier molecular flexibility index (Phi) is 7.11. The fraction of sp³-hybridized carbons (Fsp3) is 0.200. The Morgan fingerprint density at radius 1 is 0.971 bits per heavy atom. The molecule has 0 aliphatic heterocycles. The Bertz CT molecular complexity index is 1380. The summed E-state index contributed by atoms with van der Waals surface area (Å²) in [5, 5.41) is 15.1. The Morgan fingerprint density at radius 3 is 2.31 bits per heavy atom. The summed E-state index contributed by atoms with van der Waals surface area (Å²) in [6, 6.07) is 16.2. The van der Waals surface area contributed by atoms with E-state index in [0.717, 1.165) is 22.5 Å². The first-order chi connectivity index (χ1) is 16.9. The number of ether oxygens (including phenoxy) is 3. The Morgan fingerprint density at radius 2 is 1.66 bits per heavy atom. The lowest BCUT2D eigenvalue weighted by molar-refractivity contribution is 0.0974. The van der Waals surface area contributed by atoms with Gasteiger partial charge in [-0.3, -0.25) is 10.1 Å². The van der Waals surface area contributed by atoms with Crippen molar-refractivity contribution in [3.8, 4) is 22.9 Å². The van der Waals surface area contributed by atoms with Crippen LogP contribution in [0.2, 0.25) is 0 Å². The molecule has 35 heavy (non-hydrogen) atoms. The molecule has 0 bridgehead atoms. The summed E-state index contributed by atoms with van der Waals surface area (Å²) in [6.45, 7) is 4.47. The van der Waals surface area contributed by atoms with Crippen molar-refractivity contribution in [2.75, 3.05) is 26.1 Å². The van der Waals surface area contributed by atoms with Crippen molar-refractivity contribution in [1.29, 1.82) is 0 Å². The molecule has 0 fully saturated rings. The maximum atomic E-state index is 12.8. The van der Waals surface area contributed by atoms with Crippen LogP contribution in [0, 0.1) is 6.92 Å². The van der Waals surface area contributed by atoms with Crippen molar-refractivity contribution in [3.63, 3.8) is 0 Å². The molecule has 0 unspecified atom stereocenters. The van der Waals surface area contributed by atoms with Gasteiger partial charge in [0.2, 0.25) is 0 Å². The summed E-state index contributed by atoms with van der Waals surface area (Å²) in [7, 11) is 3.03. The minimum atomic E-state index is -0.401. The van der Waals surface area contributed by atoms with Crippen LogP contribution in [0.1, 0.15) is 22.8 Å². The van der Waals surface area contributed by atoms with Gasteiger partial charge in [0.1, 0.15) is 28.3 Å². The van der Waals surface area contributed by atoms with Crippen molar-refractivity contribution in [2.45, 2.75) is 13.8 Å². The third-order valence-corrected chi connectivity index (χ3v) is 5.44. The zero-order chi connectivity index (χ0) is 24.9. The molecule has 4 rings (SSSR count). The van der Waals surface area contributed by atoms with Crippen LogP contribution in [-0.2, 0) is 0 Å². The maximum Gasteiger partial charge on any atom is 0.261 e. The number of amides is 1. The highest BCUT2D eigenvalue weighted by molar-refractivity contribution is 7.80. The Hall–Kier alpha value is -4.18. The van der Waals surface area contributed by atoms with Gasteiger partial charge in [-0.25, -0.2) is 0 Å². The summed E-state index contributed by atoms with van der Waals surface area (Å²) < 4.78 is 16.0. The van der Waals surface area contributed by atoms with Crippen molar-refractivity contribution in [3.05, 3.63) is 65.7 Å². The van der Waals surface area contributed by atoms with Gasteiger partial charge >= 0.3 is 0 Å². The molecule has 2 N–H and O–H groups in total. The number of aromatic nitrogens is 3. The molecule has 3 aromatic carbocycles. The number of rotatable bonds is 7. The second-order valence-electron chi connectivity index (χ2n) is 7.55. The van der Waals surface area contributed by atoms with Crippen LogP contribution >= 0.6 is 12.2 Å². The molecular formula is C25H25N5O4S. The molecule has 0 saturated heterocycles. The standard InChI is InChI=1S/C25H25N5O4S/c1-5-34-17-8-6-16(7-9-17)30-28-21-12-15(2)20(14-22(21)29-30)26-25(35)27-24(31)19-11-10-18(32-3)13-23(19)33-4/h6-14H,5H2,1-4H3,(H2,26,27,31,35). The van der Waals surface area contributed by atoms with Gasteiger partial charge in [0.15, 0.2) is 5.11 Å². The van der Waals surface area contributed by atoms with Gasteiger partial charge < -0.3 is 19.5 Å². The molecule has 0 radical (unpaired) electrons. The molecule has 4 aromatic rings. The van der Waals surface area contributed by atoms with E-state index in [4.69, 9.17) is 26.4 Å². The summed E-state index contributed by atoms with van der Waals surface area (Å²) >= 11 is 5.38. The maximum absolute atomic E-state index is 12.8. The highest BCUT2D eigenvalue weighted by atomic mass is 32.1. The lowest BCUT2D eigenvalue weighted by Gasteiger charge is -2.13. The summed E-state index contributed by atoms with van der Waals surface area (Å²) in [4.78, 5) is 14.3. The van der Waals surface area contributed by atoms with Crippen LogP contribution in [0.15, 0.2) is 54.6 Å². The van der Waals surface area contributed by atoms with E-state index in [1.807, 2.05) is 50.2 Å². The number of aryl methyl sites for hydroxylation is 1. The molecule has 0 atom stereocenters. The number of nitrogens with zero attached hydrogens (tertiary/aromatic N) is 3. The van der Waals surface area contributed by atoms with E-state index in [1.54, 1.807) is 30.1 Å². The SMILES string of the molecule is CCOc1ccc(-n2nc3cc(C)c(NC(=S)NC(=O)c4ccc(OC)cc4OC)cc3n2)cc1. The van der Waals surface area contributed by atoms with Gasteiger partial charge in [-0.05, 0) is 80.2 Å². The van der Waals surface area contributed by atoms with Gasteiger partial charge in [-0.2, -0.15) is 4.80 Å². The minimum Gasteiger partial charge on any atom is -0.497 e. The van der Waals surface area contributed by atoms with E-state index in [2.05, 4.69) is 20.8 Å². The van der Waals surface area contributed by atoms with Gasteiger partial charge in [-0.15, -0.1) is 10.2 Å². The van der Waals surface area contributed by atoms with E-state index in [-0.39, 0.29) is 5.11 Å². The van der Waals surface area contributed by atoms with E-state index in [1.165, 1.54) is 7.11 Å². The first-order valence-electron chi connectivity index (χ1n) is 10.9. The number of nitrogens with one attached hydrogen (secondary N) is 2. The fourth-order valence-corrected chi connectivity index (χ4v) is 3.67. The van der Waals surface area contributed by atoms with Crippen molar-refractivity contribution < 1.29 is 19.0 Å². The molecule has 0 spiro atoms. The van der Waals surface area contributed by atoms with Crippen LogP contribution < -0.4 is 24.8 Å². The van der Waals surface area contributed by atoms with Crippen molar-refractivity contribution in [2.24, 2.45) is 0 Å². The normalized spacial score (nSPS) is 10.6. The third kappa shape index (κ3) is 5.33. The molecule has 1 amide bonds. The van der Waals surface area contributed by atoms with Crippen LogP contribution in [-0.4, -0.2) is 46.8 Å². The summed E-state index contributed by atoms with van der Waals surface area (Å²) in [6.07, 6.45) is 0. The fourth-order valence-electron chi connectivity index (χ4n) is 3.47. The van der Waals surface area contributed by atoms with Gasteiger partial charge in [0.05, 0.1) is 32.1 Å². The van der Waals surface area contributed by atoms with Crippen molar-refractivity contribution in [1.82, 2.24) is 20.3 Å². The number of thiocarbonyl (C=S) groups is 1. The molecular weight excluding hydrogens is 466 g/mol. The topological polar surface area (TPSA) is 99.5 Å². The molecule has 0 aliphatic rings. The van der Waals surface area contributed by atoms with E-state index in [0.29, 0.717) is 34.9 Å². The van der Waals surface area contributed by atoms with E-state index >= 15 is 0 Å². The quantitative estimate of drug-likeness (QED) is 0.370. The van der Waals surface area contributed by atoms with Crippen LogP contribution in [0.25, 0.3) is 16.7 Å². The molecule has 1 aromatic heterocycles. The first kappa shape index (κ1) is 24.0. The summed E-state index contributed by atoms with van der Waals surface area (Å²) in [5.41, 5.74) is 4.17. The van der Waals surface area contributed by atoms with Gasteiger partial charge in [0, 0.05) is 11.8 Å². The number of fused-ring (bicyclic) bond motifs is 1. The second-order valence-corrected chi connectivity index (χ2v) is 7.95. The number of methoxy groups -OCH3 is 2. The number of carbonyl (C=O) groups excluding carboxylic acids is 1. The van der Waals surface area contributed by atoms with Crippen LogP contribution in [0.4, 0.5) is 5.69 Å². The number of hydrogen-bond acceptors (Lipinski definition) is 7. The van der Waals surface area contributed by atoms with E-state index in [9.17, 15) is 4.79 Å². The van der Waals surface area contributed by atoms with Crippen LogP contribution in [0.3, 0.4) is 0 Å².